The molecule has 0 spiro atoms. The van der Waals surface area contributed by atoms with Crippen molar-refractivity contribution in [1.82, 2.24) is 0 Å². The third kappa shape index (κ3) is 2.30. The zero-order valence-electron chi connectivity index (χ0n) is 5.22. The summed E-state index contributed by atoms with van der Waals surface area (Å²) in [7, 11) is 0. The minimum Gasteiger partial charge on any atom is -0.0805 e. The summed E-state index contributed by atoms with van der Waals surface area (Å²) in [6.07, 6.45) is 8.92. The number of rotatable bonds is 1. The van der Waals surface area contributed by atoms with Gasteiger partial charge in [-0.25, -0.2) is 0 Å². The van der Waals surface area contributed by atoms with Gasteiger partial charge in [-0.15, -0.1) is 0 Å². The fraction of sp³-hybridized carbons (Fsp3) is 0.429. The maximum Gasteiger partial charge on any atom is 3.00 e. The van der Waals surface area contributed by atoms with Crippen LogP contribution in [0.15, 0.2) is 23.8 Å². The number of hydrogen-bond donors (Lipinski definition) is 0. The Bertz CT molecular complexity index is 112. The van der Waals surface area contributed by atoms with Crippen molar-refractivity contribution in [1.29, 1.82) is 0 Å². The van der Waals surface area contributed by atoms with Crippen molar-refractivity contribution in [3.8, 4) is 0 Å². The predicted octanol–water partition coefficient (Wildman–Crippen LogP) is 2.28. The van der Waals surface area contributed by atoms with Gasteiger partial charge in [0, 0.05) is 0 Å². The molecular formula is C7H10La+3. The largest absolute Gasteiger partial charge is 3.00 e. The van der Waals surface area contributed by atoms with E-state index in [1.807, 2.05) is 0 Å². The molecule has 0 nitrogen and oxygen atoms in total. The average molecular weight is 233 g/mol. The summed E-state index contributed by atoms with van der Waals surface area (Å²) in [6.45, 7) is 2.19. The zero-order chi connectivity index (χ0) is 5.11. The quantitative estimate of drug-likeness (QED) is 0.651. The van der Waals surface area contributed by atoms with E-state index in [0.717, 1.165) is 0 Å². The molecule has 0 aliphatic heterocycles. The van der Waals surface area contributed by atoms with Gasteiger partial charge in [-0.2, -0.15) is 0 Å². The molecular weight excluding hydrogens is 223 g/mol. The molecule has 8 heavy (non-hydrogen) atoms. The maximum atomic E-state index is 2.19. The zero-order valence-corrected chi connectivity index (χ0v) is 8.85. The van der Waals surface area contributed by atoms with Crippen molar-refractivity contribution >= 4 is 0 Å². The molecule has 0 aromatic heterocycles. The fourth-order valence-electron chi connectivity index (χ4n) is 0.754. The molecule has 0 amide bonds. The van der Waals surface area contributed by atoms with E-state index in [2.05, 4.69) is 25.2 Å². The number of hydrogen-bond acceptors (Lipinski definition) is 0. The summed E-state index contributed by atoms with van der Waals surface area (Å²) < 4.78 is 0. The predicted molar refractivity (Wildman–Crippen MR) is 32.1 cm³/mol. The van der Waals surface area contributed by atoms with Crippen molar-refractivity contribution in [3.05, 3.63) is 23.8 Å². The second-order valence-electron chi connectivity index (χ2n) is 1.81. The van der Waals surface area contributed by atoms with E-state index in [0.29, 0.717) is 0 Å². The topological polar surface area (TPSA) is 0 Å². The van der Waals surface area contributed by atoms with Crippen molar-refractivity contribution in [3.63, 3.8) is 0 Å². The number of allylic oxidation sites excluding steroid dienone is 4. The van der Waals surface area contributed by atoms with Gasteiger partial charge >= 0.3 is 35.6 Å². The Hall–Kier alpha value is 0.675. The minimum absolute atomic E-state index is 0. The van der Waals surface area contributed by atoms with Gasteiger partial charge in [-0.3, -0.25) is 0 Å². The summed E-state index contributed by atoms with van der Waals surface area (Å²) in [6, 6.07) is 0. The van der Waals surface area contributed by atoms with Crippen LogP contribution in [-0.2, 0) is 0 Å². The van der Waals surface area contributed by atoms with Crippen LogP contribution in [0.25, 0.3) is 0 Å². The first-order valence-electron chi connectivity index (χ1n) is 2.78. The molecule has 1 aliphatic carbocycles. The van der Waals surface area contributed by atoms with Crippen molar-refractivity contribution in [2.24, 2.45) is 0 Å². The molecule has 0 saturated heterocycles. The van der Waals surface area contributed by atoms with E-state index in [9.17, 15) is 0 Å². The van der Waals surface area contributed by atoms with Crippen LogP contribution in [0.3, 0.4) is 0 Å². The van der Waals surface area contributed by atoms with Crippen LogP contribution < -0.4 is 0 Å². The molecule has 0 bridgehead atoms. The molecule has 0 aromatic carbocycles. The van der Waals surface area contributed by atoms with Crippen molar-refractivity contribution < 1.29 is 35.6 Å². The summed E-state index contributed by atoms with van der Waals surface area (Å²) in [5.41, 5.74) is 1.56. The minimum atomic E-state index is 0. The van der Waals surface area contributed by atoms with Crippen LogP contribution in [0.4, 0.5) is 0 Å². The molecule has 1 aliphatic rings. The molecule has 0 aromatic rings. The van der Waals surface area contributed by atoms with Gasteiger partial charge in [0.05, 0.1) is 0 Å². The maximum absolute atomic E-state index is 2.19. The molecule has 0 heterocycles. The Morgan fingerprint density at radius 3 is 2.62 bits per heavy atom. The smallest absolute Gasteiger partial charge is 0.0805 e. The van der Waals surface area contributed by atoms with E-state index in [1.165, 1.54) is 12.8 Å². The van der Waals surface area contributed by atoms with Crippen LogP contribution in [0.5, 0.6) is 0 Å². The Balaban J connectivity index is 0.000000490. The molecule has 0 N–H and O–H groups in total. The Kier molecular flexibility index (Phi) is 4.93. The summed E-state index contributed by atoms with van der Waals surface area (Å²) in [4.78, 5) is 0. The van der Waals surface area contributed by atoms with Crippen molar-refractivity contribution in [2.75, 3.05) is 0 Å². The average Bonchev–Trinajstić information content (AvgIpc) is 2.14. The standard InChI is InChI=1S/C7H10.La/c1-2-7-5-3-4-6-7;/h3-5H,2,6H2,1H3;/q;+3. The van der Waals surface area contributed by atoms with E-state index < -0.39 is 0 Å². The van der Waals surface area contributed by atoms with Gasteiger partial charge in [-0.1, -0.05) is 30.7 Å². The molecule has 0 saturated carbocycles. The Labute approximate surface area is 78.6 Å². The molecule has 0 radical (unpaired) electrons. The monoisotopic (exact) mass is 233 g/mol. The third-order valence-corrected chi connectivity index (χ3v) is 1.30. The van der Waals surface area contributed by atoms with Crippen molar-refractivity contribution in [2.45, 2.75) is 19.8 Å². The summed E-state index contributed by atoms with van der Waals surface area (Å²) in [5, 5.41) is 0. The van der Waals surface area contributed by atoms with Gasteiger partial charge in [0.1, 0.15) is 0 Å². The van der Waals surface area contributed by atoms with Crippen LogP contribution >= 0.6 is 0 Å². The van der Waals surface area contributed by atoms with Gasteiger partial charge in [-0.05, 0) is 12.8 Å². The molecule has 38 valence electrons. The van der Waals surface area contributed by atoms with Gasteiger partial charge < -0.3 is 0 Å². The molecule has 0 fully saturated rings. The molecule has 1 heteroatoms. The SMILES string of the molecule is CCC1=CC=CC1.[La+3]. The van der Waals surface area contributed by atoms with Gasteiger partial charge in [0.15, 0.2) is 0 Å². The van der Waals surface area contributed by atoms with Crippen LogP contribution in [0.2, 0.25) is 0 Å². The van der Waals surface area contributed by atoms with E-state index in [-0.39, 0.29) is 35.6 Å². The van der Waals surface area contributed by atoms with E-state index >= 15 is 0 Å². The normalized spacial score (nSPS) is 15.4. The summed E-state index contributed by atoms with van der Waals surface area (Å²) in [5.74, 6) is 0. The van der Waals surface area contributed by atoms with E-state index in [1.54, 1.807) is 5.57 Å². The van der Waals surface area contributed by atoms with Crippen LogP contribution in [-0.4, -0.2) is 0 Å². The fourth-order valence-corrected chi connectivity index (χ4v) is 0.754. The van der Waals surface area contributed by atoms with Crippen LogP contribution in [0.1, 0.15) is 19.8 Å². The molecule has 0 atom stereocenters. The second-order valence-corrected chi connectivity index (χ2v) is 1.81. The summed E-state index contributed by atoms with van der Waals surface area (Å²) >= 11 is 0. The second kappa shape index (κ2) is 4.54. The van der Waals surface area contributed by atoms with Gasteiger partial charge in [0.2, 0.25) is 0 Å². The van der Waals surface area contributed by atoms with Crippen LogP contribution in [0, 0.1) is 35.6 Å². The molecule has 1 rings (SSSR count). The molecule has 0 unspecified atom stereocenters. The first-order valence-corrected chi connectivity index (χ1v) is 2.78. The van der Waals surface area contributed by atoms with E-state index in [4.69, 9.17) is 0 Å². The first-order chi connectivity index (χ1) is 3.43. The Morgan fingerprint density at radius 1 is 1.62 bits per heavy atom. The third-order valence-electron chi connectivity index (χ3n) is 1.30. The Morgan fingerprint density at radius 2 is 2.38 bits per heavy atom. The van der Waals surface area contributed by atoms with Gasteiger partial charge in [0.25, 0.3) is 0 Å². The first kappa shape index (κ1) is 8.67.